The van der Waals surface area contributed by atoms with Gasteiger partial charge in [-0.05, 0) is 31.1 Å². The zero-order valence-corrected chi connectivity index (χ0v) is 8.74. The van der Waals surface area contributed by atoms with Gasteiger partial charge in [-0.25, -0.2) is 0 Å². The van der Waals surface area contributed by atoms with Crippen molar-refractivity contribution in [3.8, 4) is 0 Å². The first-order valence-electron chi connectivity index (χ1n) is 5.33. The van der Waals surface area contributed by atoms with Crippen molar-refractivity contribution in [2.75, 3.05) is 0 Å². The highest BCUT2D eigenvalue weighted by molar-refractivity contribution is 4.91. The SMILES string of the molecule is CC.CCCC1(CCC)CC1. The van der Waals surface area contributed by atoms with E-state index >= 15 is 0 Å². The van der Waals surface area contributed by atoms with Crippen LogP contribution in [0, 0.1) is 5.41 Å². The van der Waals surface area contributed by atoms with Gasteiger partial charge in [0.1, 0.15) is 0 Å². The molecule has 0 aromatic carbocycles. The fourth-order valence-electron chi connectivity index (χ4n) is 1.86. The van der Waals surface area contributed by atoms with Crippen LogP contribution in [-0.4, -0.2) is 0 Å². The molecule has 0 spiro atoms. The van der Waals surface area contributed by atoms with E-state index in [0.717, 1.165) is 5.41 Å². The summed E-state index contributed by atoms with van der Waals surface area (Å²) in [6, 6.07) is 0. The van der Waals surface area contributed by atoms with Gasteiger partial charge in [-0.15, -0.1) is 0 Å². The summed E-state index contributed by atoms with van der Waals surface area (Å²) in [6.07, 6.45) is 8.80. The Bertz CT molecular complexity index is 72.0. The summed E-state index contributed by atoms with van der Waals surface area (Å²) in [5.41, 5.74) is 0.851. The Hall–Kier alpha value is 0. The Morgan fingerprint density at radius 2 is 1.27 bits per heavy atom. The van der Waals surface area contributed by atoms with Gasteiger partial charge in [-0.3, -0.25) is 0 Å². The summed E-state index contributed by atoms with van der Waals surface area (Å²) in [7, 11) is 0. The first-order chi connectivity index (χ1) is 5.33. The maximum Gasteiger partial charge on any atom is -0.0297 e. The van der Waals surface area contributed by atoms with Crippen LogP contribution >= 0.6 is 0 Å². The van der Waals surface area contributed by atoms with Gasteiger partial charge >= 0.3 is 0 Å². The van der Waals surface area contributed by atoms with Crippen molar-refractivity contribution < 1.29 is 0 Å². The van der Waals surface area contributed by atoms with E-state index in [4.69, 9.17) is 0 Å². The van der Waals surface area contributed by atoms with Gasteiger partial charge in [-0.1, -0.05) is 40.5 Å². The van der Waals surface area contributed by atoms with E-state index in [1.54, 1.807) is 0 Å². The molecule has 68 valence electrons. The summed E-state index contributed by atoms with van der Waals surface area (Å²) >= 11 is 0. The molecule has 0 atom stereocenters. The van der Waals surface area contributed by atoms with Crippen molar-refractivity contribution in [1.29, 1.82) is 0 Å². The minimum Gasteiger partial charge on any atom is -0.0683 e. The fourth-order valence-corrected chi connectivity index (χ4v) is 1.86. The van der Waals surface area contributed by atoms with Gasteiger partial charge in [0.05, 0.1) is 0 Å². The molecule has 1 rings (SSSR count). The predicted octanol–water partition coefficient (Wildman–Crippen LogP) is 4.39. The average molecular weight is 156 g/mol. The molecule has 0 N–H and O–H groups in total. The number of hydrogen-bond acceptors (Lipinski definition) is 0. The van der Waals surface area contributed by atoms with Crippen molar-refractivity contribution >= 4 is 0 Å². The third-order valence-electron chi connectivity index (χ3n) is 2.52. The highest BCUT2D eigenvalue weighted by atomic mass is 14.4. The zero-order chi connectivity index (χ0) is 8.74. The van der Waals surface area contributed by atoms with Crippen molar-refractivity contribution in [1.82, 2.24) is 0 Å². The van der Waals surface area contributed by atoms with Crippen LogP contribution in [0.25, 0.3) is 0 Å². The van der Waals surface area contributed by atoms with Gasteiger partial charge < -0.3 is 0 Å². The van der Waals surface area contributed by atoms with Crippen LogP contribution in [0.5, 0.6) is 0 Å². The Morgan fingerprint density at radius 3 is 1.45 bits per heavy atom. The van der Waals surface area contributed by atoms with E-state index in [2.05, 4.69) is 13.8 Å². The third-order valence-corrected chi connectivity index (χ3v) is 2.52. The van der Waals surface area contributed by atoms with Gasteiger partial charge in [0, 0.05) is 0 Å². The van der Waals surface area contributed by atoms with Crippen LogP contribution < -0.4 is 0 Å². The molecule has 0 heteroatoms. The number of rotatable bonds is 4. The smallest absolute Gasteiger partial charge is 0.0297 e. The lowest BCUT2D eigenvalue weighted by Crippen LogP contribution is -1.97. The van der Waals surface area contributed by atoms with Crippen molar-refractivity contribution in [2.45, 2.75) is 66.2 Å². The lowest BCUT2D eigenvalue weighted by atomic mass is 9.95. The molecule has 0 unspecified atom stereocenters. The largest absolute Gasteiger partial charge is 0.0683 e. The first-order valence-corrected chi connectivity index (χ1v) is 5.33. The van der Waals surface area contributed by atoms with Crippen LogP contribution in [-0.2, 0) is 0 Å². The van der Waals surface area contributed by atoms with Crippen molar-refractivity contribution in [3.05, 3.63) is 0 Å². The van der Waals surface area contributed by atoms with E-state index in [1.807, 2.05) is 13.8 Å². The molecule has 0 radical (unpaired) electrons. The molecule has 1 aliphatic rings. The molecule has 1 saturated carbocycles. The number of hydrogen-bond donors (Lipinski definition) is 0. The summed E-state index contributed by atoms with van der Waals surface area (Å²) in [4.78, 5) is 0. The zero-order valence-electron chi connectivity index (χ0n) is 8.74. The van der Waals surface area contributed by atoms with E-state index in [-0.39, 0.29) is 0 Å². The van der Waals surface area contributed by atoms with Crippen LogP contribution in [0.4, 0.5) is 0 Å². The maximum absolute atomic E-state index is 2.30. The molecule has 0 heterocycles. The first kappa shape index (κ1) is 11.0. The molecule has 1 fully saturated rings. The normalized spacial score (nSPS) is 18.5. The molecule has 0 aliphatic heterocycles. The second-order valence-electron chi connectivity index (χ2n) is 3.50. The third kappa shape index (κ3) is 3.79. The van der Waals surface area contributed by atoms with Crippen molar-refractivity contribution in [2.24, 2.45) is 5.41 Å². The summed E-state index contributed by atoms with van der Waals surface area (Å²) < 4.78 is 0. The highest BCUT2D eigenvalue weighted by Gasteiger charge is 2.39. The highest BCUT2D eigenvalue weighted by Crippen LogP contribution is 2.53. The van der Waals surface area contributed by atoms with Crippen LogP contribution in [0.3, 0.4) is 0 Å². The Balaban J connectivity index is 0.000000461. The molecular weight excluding hydrogens is 132 g/mol. The van der Waals surface area contributed by atoms with E-state index in [1.165, 1.54) is 38.5 Å². The second-order valence-corrected chi connectivity index (χ2v) is 3.50. The van der Waals surface area contributed by atoms with Gasteiger partial charge in [0.25, 0.3) is 0 Å². The van der Waals surface area contributed by atoms with E-state index in [0.29, 0.717) is 0 Å². The lowest BCUT2D eigenvalue weighted by molar-refractivity contribution is 0.419. The molecule has 0 aromatic heterocycles. The molecule has 11 heavy (non-hydrogen) atoms. The fraction of sp³-hybridized carbons (Fsp3) is 1.00. The average Bonchev–Trinajstić information content (AvgIpc) is 2.75. The van der Waals surface area contributed by atoms with Gasteiger partial charge in [0.15, 0.2) is 0 Å². The minimum absolute atomic E-state index is 0.851. The summed E-state index contributed by atoms with van der Waals surface area (Å²) in [5.74, 6) is 0. The predicted molar refractivity (Wildman–Crippen MR) is 52.8 cm³/mol. The second kappa shape index (κ2) is 5.62. The molecule has 1 aliphatic carbocycles. The Kier molecular flexibility index (Phi) is 5.62. The van der Waals surface area contributed by atoms with Crippen LogP contribution in [0.1, 0.15) is 66.2 Å². The molecule has 0 aromatic rings. The maximum atomic E-state index is 2.30. The molecule has 0 amide bonds. The standard InChI is InChI=1S/C9H18.C2H6/c1-3-5-9(6-4-2)7-8-9;1-2/h3-8H2,1-2H3;1-2H3. The van der Waals surface area contributed by atoms with E-state index < -0.39 is 0 Å². The van der Waals surface area contributed by atoms with Crippen molar-refractivity contribution in [3.63, 3.8) is 0 Å². The molecule has 0 bridgehead atoms. The quantitative estimate of drug-likeness (QED) is 0.566. The molecule has 0 nitrogen and oxygen atoms in total. The van der Waals surface area contributed by atoms with E-state index in [9.17, 15) is 0 Å². The molecular formula is C11H24. The monoisotopic (exact) mass is 156 g/mol. The summed E-state index contributed by atoms with van der Waals surface area (Å²) in [5, 5.41) is 0. The Morgan fingerprint density at radius 1 is 0.909 bits per heavy atom. The van der Waals surface area contributed by atoms with Gasteiger partial charge in [-0.2, -0.15) is 0 Å². The topological polar surface area (TPSA) is 0 Å². The van der Waals surface area contributed by atoms with Gasteiger partial charge in [0.2, 0.25) is 0 Å². The lowest BCUT2D eigenvalue weighted by Gasteiger charge is -2.10. The van der Waals surface area contributed by atoms with Crippen LogP contribution in [0.2, 0.25) is 0 Å². The minimum atomic E-state index is 0.851. The van der Waals surface area contributed by atoms with Crippen LogP contribution in [0.15, 0.2) is 0 Å². The Labute approximate surface area is 72.4 Å². The summed E-state index contributed by atoms with van der Waals surface area (Å²) in [6.45, 7) is 8.60. The molecule has 0 saturated heterocycles.